The Hall–Kier alpha value is -2.63. The van der Waals surface area contributed by atoms with Crippen molar-refractivity contribution in [3.63, 3.8) is 0 Å². The molecule has 0 saturated carbocycles. The normalized spacial score (nSPS) is 12.4. The number of allylic oxidation sites excluding steroid dienone is 8. The molecule has 0 bridgehead atoms. The summed E-state index contributed by atoms with van der Waals surface area (Å²) in [6.45, 7) is 6.48. The molecule has 0 aromatic rings. The molecule has 0 aliphatic heterocycles. The fraction of sp³-hybridized carbons (Fsp3) is 0.810. The van der Waals surface area contributed by atoms with Crippen molar-refractivity contribution < 1.29 is 28.6 Å². The number of carbonyl (C=O) groups is 3. The van der Waals surface area contributed by atoms with Crippen molar-refractivity contribution in [1.82, 2.24) is 0 Å². The molecule has 0 aliphatic rings. The molecule has 6 nitrogen and oxygen atoms in total. The summed E-state index contributed by atoms with van der Waals surface area (Å²) in [6, 6.07) is 0. The second-order valence-corrected chi connectivity index (χ2v) is 18.5. The molecule has 0 amide bonds. The number of hydrogen-bond donors (Lipinski definition) is 0. The third-order valence-corrected chi connectivity index (χ3v) is 12.1. The van der Waals surface area contributed by atoms with Crippen molar-refractivity contribution in [1.29, 1.82) is 0 Å². The van der Waals surface area contributed by atoms with E-state index in [1.807, 2.05) is 0 Å². The smallest absolute Gasteiger partial charge is 0.306 e. The quantitative estimate of drug-likeness (QED) is 0.0262. The second kappa shape index (κ2) is 53.0. The van der Waals surface area contributed by atoms with Gasteiger partial charge in [-0.2, -0.15) is 0 Å². The van der Waals surface area contributed by atoms with E-state index in [-0.39, 0.29) is 31.1 Å². The summed E-state index contributed by atoms with van der Waals surface area (Å²) < 4.78 is 16.7. The van der Waals surface area contributed by atoms with Gasteiger partial charge in [0.05, 0.1) is 0 Å². The molecule has 6 heteroatoms. The van der Waals surface area contributed by atoms with Crippen molar-refractivity contribution in [3.05, 3.63) is 48.6 Å². The first-order chi connectivity index (χ1) is 31.5. The van der Waals surface area contributed by atoms with E-state index in [1.165, 1.54) is 161 Å². The van der Waals surface area contributed by atoms with Crippen LogP contribution in [-0.4, -0.2) is 37.2 Å². The molecule has 0 spiro atoms. The SMILES string of the molecule is CC/C=C\C/C=C\C/C=C\CCCCCCCCCC(=O)OC(COC(=O)CCCCCCCC)COC(=O)CCCCCCCCCCCCC/C=C\CCCCCCCCCC. The molecule has 1 atom stereocenters. The molecule has 64 heavy (non-hydrogen) atoms. The summed E-state index contributed by atoms with van der Waals surface area (Å²) in [4.78, 5) is 37.8. The number of esters is 3. The monoisotopic (exact) mass is 897 g/mol. The van der Waals surface area contributed by atoms with E-state index in [0.29, 0.717) is 19.3 Å². The maximum atomic E-state index is 12.8. The van der Waals surface area contributed by atoms with Gasteiger partial charge in [-0.1, -0.05) is 236 Å². The van der Waals surface area contributed by atoms with Crippen LogP contribution in [0.25, 0.3) is 0 Å². The van der Waals surface area contributed by atoms with Gasteiger partial charge in [0.25, 0.3) is 0 Å². The zero-order valence-electron chi connectivity index (χ0n) is 42.6. The van der Waals surface area contributed by atoms with Crippen molar-refractivity contribution in [2.75, 3.05) is 13.2 Å². The highest BCUT2D eigenvalue weighted by Crippen LogP contribution is 2.16. The van der Waals surface area contributed by atoms with Crippen LogP contribution in [0.15, 0.2) is 48.6 Å². The van der Waals surface area contributed by atoms with Crippen LogP contribution in [0.4, 0.5) is 0 Å². The van der Waals surface area contributed by atoms with Crippen LogP contribution in [0.3, 0.4) is 0 Å². The Morgan fingerprint density at radius 2 is 0.609 bits per heavy atom. The zero-order chi connectivity index (χ0) is 46.5. The minimum absolute atomic E-state index is 0.0759. The van der Waals surface area contributed by atoms with Crippen LogP contribution in [-0.2, 0) is 28.6 Å². The Morgan fingerprint density at radius 1 is 0.328 bits per heavy atom. The molecule has 0 aromatic carbocycles. The first-order valence-corrected chi connectivity index (χ1v) is 27.6. The van der Waals surface area contributed by atoms with Gasteiger partial charge in [-0.15, -0.1) is 0 Å². The molecule has 0 N–H and O–H groups in total. The van der Waals surface area contributed by atoms with Crippen LogP contribution in [0.1, 0.15) is 284 Å². The van der Waals surface area contributed by atoms with Crippen LogP contribution in [0, 0.1) is 0 Å². The lowest BCUT2D eigenvalue weighted by molar-refractivity contribution is -0.167. The van der Waals surface area contributed by atoms with Gasteiger partial charge in [0, 0.05) is 19.3 Å². The Balaban J connectivity index is 4.13. The van der Waals surface area contributed by atoms with E-state index in [4.69, 9.17) is 14.2 Å². The van der Waals surface area contributed by atoms with Crippen molar-refractivity contribution in [3.8, 4) is 0 Å². The molecule has 0 aromatic heterocycles. The van der Waals surface area contributed by atoms with Crippen molar-refractivity contribution in [2.24, 2.45) is 0 Å². The number of hydrogen-bond acceptors (Lipinski definition) is 6. The summed E-state index contributed by atoms with van der Waals surface area (Å²) in [5, 5.41) is 0. The lowest BCUT2D eigenvalue weighted by Crippen LogP contribution is -2.30. The van der Waals surface area contributed by atoms with Gasteiger partial charge in [0.2, 0.25) is 0 Å². The largest absolute Gasteiger partial charge is 0.462 e. The highest BCUT2D eigenvalue weighted by molar-refractivity contribution is 5.71. The standard InChI is InChI=1S/C58H104O6/c1-4-7-10-13-16-18-20-22-24-26-27-28-29-30-31-33-34-36-38-40-42-45-48-51-57(60)63-54-55(53-62-56(59)50-47-44-15-12-9-6-3)64-58(61)52-49-46-43-41-39-37-35-32-25-23-21-19-17-14-11-8-5-2/h8,11,17,19,23,25-27,55H,4-7,9-10,12-16,18,20-22,24,28-54H2,1-3H3/b11-8-,19-17-,25-23-,27-26-. The zero-order valence-corrected chi connectivity index (χ0v) is 42.6. The maximum absolute atomic E-state index is 12.8. The van der Waals surface area contributed by atoms with Crippen LogP contribution in [0.5, 0.6) is 0 Å². The summed E-state index contributed by atoms with van der Waals surface area (Å²) in [7, 11) is 0. The lowest BCUT2D eigenvalue weighted by Gasteiger charge is -2.18. The minimum atomic E-state index is -0.774. The summed E-state index contributed by atoms with van der Waals surface area (Å²) >= 11 is 0. The summed E-state index contributed by atoms with van der Waals surface area (Å²) in [6.07, 6.45) is 64.2. The Labute approximate surface area is 397 Å². The van der Waals surface area contributed by atoms with Gasteiger partial charge in [0.15, 0.2) is 6.10 Å². The van der Waals surface area contributed by atoms with Gasteiger partial charge in [-0.05, 0) is 77.0 Å². The Morgan fingerprint density at radius 3 is 0.969 bits per heavy atom. The third-order valence-electron chi connectivity index (χ3n) is 12.1. The van der Waals surface area contributed by atoms with Gasteiger partial charge < -0.3 is 14.2 Å². The molecule has 0 saturated heterocycles. The van der Waals surface area contributed by atoms with Gasteiger partial charge in [-0.3, -0.25) is 14.4 Å². The molecule has 0 radical (unpaired) electrons. The molecule has 0 aliphatic carbocycles. The lowest BCUT2D eigenvalue weighted by atomic mass is 10.0. The molecule has 372 valence electrons. The predicted molar refractivity (Wildman–Crippen MR) is 275 cm³/mol. The molecular weight excluding hydrogens is 793 g/mol. The highest BCUT2D eigenvalue weighted by atomic mass is 16.6. The summed E-state index contributed by atoms with van der Waals surface area (Å²) in [5.41, 5.74) is 0. The van der Waals surface area contributed by atoms with Crippen molar-refractivity contribution >= 4 is 17.9 Å². The minimum Gasteiger partial charge on any atom is -0.462 e. The molecule has 0 rings (SSSR count). The van der Waals surface area contributed by atoms with E-state index >= 15 is 0 Å². The van der Waals surface area contributed by atoms with Crippen LogP contribution in [0.2, 0.25) is 0 Å². The maximum Gasteiger partial charge on any atom is 0.306 e. The number of carbonyl (C=O) groups excluding carboxylic acids is 3. The average molecular weight is 897 g/mol. The number of ether oxygens (including phenoxy) is 3. The third kappa shape index (κ3) is 50.4. The first-order valence-electron chi connectivity index (χ1n) is 27.6. The molecule has 0 heterocycles. The van der Waals surface area contributed by atoms with E-state index in [9.17, 15) is 14.4 Å². The first kappa shape index (κ1) is 61.4. The van der Waals surface area contributed by atoms with E-state index < -0.39 is 6.10 Å². The van der Waals surface area contributed by atoms with E-state index in [1.54, 1.807) is 0 Å². The van der Waals surface area contributed by atoms with Crippen molar-refractivity contribution in [2.45, 2.75) is 290 Å². The molecule has 0 fully saturated rings. The molecule has 1 unspecified atom stereocenters. The fourth-order valence-corrected chi connectivity index (χ4v) is 7.92. The average Bonchev–Trinajstić information content (AvgIpc) is 3.29. The Kier molecular flexibility index (Phi) is 50.8. The highest BCUT2D eigenvalue weighted by Gasteiger charge is 2.19. The van der Waals surface area contributed by atoms with E-state index in [0.717, 1.165) is 83.5 Å². The second-order valence-electron chi connectivity index (χ2n) is 18.5. The Bertz CT molecular complexity index is 1120. The van der Waals surface area contributed by atoms with E-state index in [2.05, 4.69) is 69.4 Å². The van der Waals surface area contributed by atoms with Gasteiger partial charge >= 0.3 is 17.9 Å². The predicted octanol–water partition coefficient (Wildman–Crippen LogP) is 18.3. The summed E-state index contributed by atoms with van der Waals surface area (Å²) in [5.74, 6) is -0.887. The van der Waals surface area contributed by atoms with Crippen LogP contribution >= 0.6 is 0 Å². The fourth-order valence-electron chi connectivity index (χ4n) is 7.92. The van der Waals surface area contributed by atoms with Crippen LogP contribution < -0.4 is 0 Å². The number of unbranched alkanes of at least 4 members (excludes halogenated alkanes) is 31. The number of rotatable bonds is 50. The van der Waals surface area contributed by atoms with Gasteiger partial charge in [-0.25, -0.2) is 0 Å². The van der Waals surface area contributed by atoms with Gasteiger partial charge in [0.1, 0.15) is 13.2 Å². The topological polar surface area (TPSA) is 78.9 Å². The molecular formula is C58H104O6.